The van der Waals surface area contributed by atoms with Crippen molar-refractivity contribution in [3.05, 3.63) is 33.9 Å². The summed E-state index contributed by atoms with van der Waals surface area (Å²) in [6.45, 7) is 28.9. The van der Waals surface area contributed by atoms with Crippen molar-refractivity contribution in [2.45, 2.75) is 218 Å². The van der Waals surface area contributed by atoms with Gasteiger partial charge in [-0.1, -0.05) is 76.2 Å². The van der Waals surface area contributed by atoms with Gasteiger partial charge >= 0.3 is 35.8 Å². The molecular weight excluding hydrogens is 1030 g/mol. The zero-order chi connectivity index (χ0) is 60.1. The van der Waals surface area contributed by atoms with Gasteiger partial charge in [0.15, 0.2) is 0 Å². The van der Waals surface area contributed by atoms with Gasteiger partial charge in [0.2, 0.25) is 0 Å². The average Bonchev–Trinajstić information content (AvgIpc) is 4.09. The van der Waals surface area contributed by atoms with E-state index in [-0.39, 0.29) is 122 Å². The quantitative estimate of drug-likeness (QED) is 0.0447. The molecule has 0 radical (unpaired) electrons. The number of ether oxygens (including phenoxy) is 6. The van der Waals surface area contributed by atoms with Crippen LogP contribution in [0.1, 0.15) is 206 Å². The van der Waals surface area contributed by atoms with Crippen LogP contribution in [0.25, 0.3) is 0 Å². The zero-order valence-electron chi connectivity index (χ0n) is 51.6. The van der Waals surface area contributed by atoms with E-state index in [4.69, 9.17) is 49.1 Å². The number of fused-ring (bicyclic) bond motifs is 6. The van der Waals surface area contributed by atoms with Crippen LogP contribution in [-0.2, 0) is 57.2 Å². The van der Waals surface area contributed by atoms with Crippen molar-refractivity contribution in [1.82, 2.24) is 5.32 Å². The Kier molecular flexibility index (Phi) is 23.6. The molecule has 0 saturated carbocycles. The molecule has 1 fully saturated rings. The minimum atomic E-state index is -1.36. The third-order valence-corrected chi connectivity index (χ3v) is 18.3. The Hall–Kier alpha value is -5.39. The molecule has 5 heterocycles. The van der Waals surface area contributed by atoms with Crippen LogP contribution in [0.4, 0.5) is 0 Å². The molecule has 5 aliphatic rings. The van der Waals surface area contributed by atoms with Gasteiger partial charge in [-0.2, -0.15) is 0 Å². The van der Waals surface area contributed by atoms with E-state index in [2.05, 4.69) is 26.1 Å². The molecule has 0 aliphatic carbocycles. The number of rotatable bonds is 30. The van der Waals surface area contributed by atoms with Crippen molar-refractivity contribution in [2.75, 3.05) is 46.2 Å². The summed E-state index contributed by atoms with van der Waals surface area (Å²) in [5, 5.41) is 15.0. The van der Waals surface area contributed by atoms with Crippen molar-refractivity contribution < 1.29 is 62.3 Å². The van der Waals surface area contributed by atoms with E-state index in [1.165, 1.54) is 0 Å². The molecule has 0 aromatic carbocycles. The summed E-state index contributed by atoms with van der Waals surface area (Å²) in [5.74, 6) is -4.75. The van der Waals surface area contributed by atoms with Crippen LogP contribution >= 0.6 is 0 Å². The molecule has 0 aromatic heterocycles. The monoisotopic (exact) mass is 1130 g/mol. The Bertz CT molecular complexity index is 2510. The van der Waals surface area contributed by atoms with Gasteiger partial charge in [0, 0.05) is 106 Å². The topological polar surface area (TPSA) is 253 Å². The second-order valence-electron chi connectivity index (χ2n) is 24.5. The Labute approximate surface area is 482 Å². The lowest BCUT2D eigenvalue weighted by Crippen LogP contribution is -2.55. The van der Waals surface area contributed by atoms with Crippen LogP contribution in [0.3, 0.4) is 0 Å². The number of allylic oxidation sites excluding steroid dienone is 6. The third kappa shape index (κ3) is 14.2. The standard InChI is InChI=1S/C63H99N5O13/c1-15-31-76-45(70)24-21-41-52-39(7)56-60(11,28-27-48(73)79-34-18-4)44(37-49(74)80-35-19-5)57(67-56)63(14)62(13,38-50(75)81-36-20-6)43(23-26-47(72)78-33-17-3)53(68-63)40(8)55-61(12,29-30-69)42(22-25-46(71)77-32-16-2)54(66-55)51(64)58(65-52)59(41,9)10/h41-44,57,66,69H,15-38,64H2,1-14H3/b52-39-,54-51+,55-40?/t41-,42-,43-,44+,57-,60-,61+,62+,63+/m1/s1. The number of carbonyl (C=O) groups excluding carboxylic acids is 6. The maximum Gasteiger partial charge on any atom is 0.306 e. The molecule has 5 rings (SSSR count). The van der Waals surface area contributed by atoms with Crippen molar-refractivity contribution in [3.63, 3.8) is 0 Å². The Morgan fingerprint density at radius 3 is 1.52 bits per heavy atom. The van der Waals surface area contributed by atoms with Gasteiger partial charge in [0.05, 0.1) is 75.5 Å². The van der Waals surface area contributed by atoms with E-state index in [0.717, 1.165) is 0 Å². The fourth-order valence-electron chi connectivity index (χ4n) is 13.6. The van der Waals surface area contributed by atoms with Gasteiger partial charge in [0.1, 0.15) is 0 Å². The van der Waals surface area contributed by atoms with Crippen molar-refractivity contribution in [3.8, 4) is 0 Å². The summed E-state index contributed by atoms with van der Waals surface area (Å²) < 4.78 is 34.6. The van der Waals surface area contributed by atoms with Gasteiger partial charge in [-0.25, -0.2) is 0 Å². The van der Waals surface area contributed by atoms with Crippen LogP contribution in [0.2, 0.25) is 0 Å². The number of aliphatic hydroxyl groups is 1. The summed E-state index contributed by atoms with van der Waals surface area (Å²) in [6, 6.07) is -0.880. The molecular formula is C63H99N5O13. The van der Waals surface area contributed by atoms with Crippen molar-refractivity contribution in [2.24, 2.45) is 66.0 Å². The fourth-order valence-corrected chi connectivity index (χ4v) is 13.6. The average molecular weight is 1130 g/mol. The summed E-state index contributed by atoms with van der Waals surface area (Å²) >= 11 is 0. The van der Waals surface area contributed by atoms with Crippen LogP contribution in [0, 0.1) is 45.3 Å². The fraction of sp³-hybridized carbons (Fsp3) is 0.762. The predicted molar refractivity (Wildman–Crippen MR) is 312 cm³/mol. The zero-order valence-corrected chi connectivity index (χ0v) is 51.6. The summed E-state index contributed by atoms with van der Waals surface area (Å²) in [7, 11) is 0. The molecule has 5 aliphatic heterocycles. The number of nitrogens with one attached hydrogen (secondary N) is 1. The second-order valence-corrected chi connectivity index (χ2v) is 24.5. The highest BCUT2D eigenvalue weighted by molar-refractivity contribution is 6.11. The molecule has 9 atom stereocenters. The number of hydrogen-bond acceptors (Lipinski definition) is 18. The maximum atomic E-state index is 14.6. The Morgan fingerprint density at radius 1 is 0.568 bits per heavy atom. The number of esters is 6. The molecule has 8 bridgehead atoms. The molecule has 18 nitrogen and oxygen atoms in total. The molecule has 1 saturated heterocycles. The van der Waals surface area contributed by atoms with Crippen molar-refractivity contribution in [1.29, 1.82) is 0 Å². The van der Waals surface area contributed by atoms with Crippen LogP contribution in [-0.4, -0.2) is 116 Å². The van der Waals surface area contributed by atoms with E-state index in [1.807, 2.05) is 76.2 Å². The molecule has 0 spiro atoms. The largest absolute Gasteiger partial charge is 0.466 e. The lowest BCUT2D eigenvalue weighted by molar-refractivity contribution is -0.150. The van der Waals surface area contributed by atoms with E-state index in [1.54, 1.807) is 0 Å². The number of hydrogen-bond donors (Lipinski definition) is 3. The lowest BCUT2D eigenvalue weighted by Gasteiger charge is -2.48. The minimum Gasteiger partial charge on any atom is -0.466 e. The highest BCUT2D eigenvalue weighted by Gasteiger charge is 2.67. The third-order valence-electron chi connectivity index (χ3n) is 18.3. The van der Waals surface area contributed by atoms with E-state index >= 15 is 0 Å². The Morgan fingerprint density at radius 2 is 1.02 bits per heavy atom. The van der Waals surface area contributed by atoms with E-state index in [9.17, 15) is 33.9 Å². The van der Waals surface area contributed by atoms with E-state index in [0.29, 0.717) is 96.0 Å². The van der Waals surface area contributed by atoms with Gasteiger partial charge in [0.25, 0.3) is 0 Å². The van der Waals surface area contributed by atoms with Crippen LogP contribution in [0.5, 0.6) is 0 Å². The van der Waals surface area contributed by atoms with Gasteiger partial charge in [-0.3, -0.25) is 43.7 Å². The van der Waals surface area contributed by atoms with Gasteiger partial charge in [-0.05, 0) is 103 Å². The van der Waals surface area contributed by atoms with Gasteiger partial charge < -0.3 is 44.6 Å². The molecule has 0 aromatic rings. The molecule has 454 valence electrons. The molecule has 18 heteroatoms. The predicted octanol–water partition coefficient (Wildman–Crippen LogP) is 10.3. The summed E-state index contributed by atoms with van der Waals surface area (Å²) in [6.07, 6.45) is 4.79. The number of nitrogens with two attached hydrogens (primary N) is 1. The summed E-state index contributed by atoms with van der Waals surface area (Å²) in [4.78, 5) is 101. The first-order valence-corrected chi connectivity index (χ1v) is 30.4. The minimum absolute atomic E-state index is 0.0130. The second kappa shape index (κ2) is 28.7. The van der Waals surface area contributed by atoms with Crippen molar-refractivity contribution >= 4 is 53.0 Å². The summed E-state index contributed by atoms with van der Waals surface area (Å²) in [5.41, 5.74) is 7.65. The van der Waals surface area contributed by atoms with E-state index < -0.39 is 80.8 Å². The SMILES string of the molecule is CCCOC(=O)CC[C@@H]1/C2=C(\C)C3=N[C@H]([C@H](CC(=O)OCCC)[C@@]3(C)CCC(=O)OCCC)[C@]3(C)N=C(C(C)=C4N/C(=C(/N)C(=N2)C1(C)C)[C@@H](CCC(=O)OCCC)[C@]4(C)CCO)[C@@H](CCC(=O)OCCC)[C@]3(C)CC(=O)OCCC. The first kappa shape index (κ1) is 66.4. The smallest absolute Gasteiger partial charge is 0.306 e. The van der Waals surface area contributed by atoms with Crippen LogP contribution in [0.15, 0.2) is 48.9 Å². The van der Waals surface area contributed by atoms with Crippen LogP contribution < -0.4 is 11.1 Å². The maximum absolute atomic E-state index is 14.6. The molecule has 4 N–H and O–H groups in total. The number of carbonyl (C=O) groups is 6. The highest BCUT2D eigenvalue weighted by atomic mass is 16.5. The molecule has 0 unspecified atom stereocenters. The Balaban J connectivity index is 2.03. The number of aliphatic hydroxyl groups excluding tert-OH is 1. The normalized spacial score (nSPS) is 30.1. The van der Waals surface area contributed by atoms with Gasteiger partial charge in [-0.15, -0.1) is 0 Å². The molecule has 81 heavy (non-hydrogen) atoms. The number of aliphatic imine (C=N–C) groups is 3. The highest BCUT2D eigenvalue weighted by Crippen LogP contribution is 2.63. The lowest BCUT2D eigenvalue weighted by atomic mass is 9.55. The first-order chi connectivity index (χ1) is 38.3. The number of nitrogens with zero attached hydrogens (tertiary/aromatic N) is 3. The molecule has 0 amide bonds. The first-order valence-electron chi connectivity index (χ1n) is 30.4.